The average Bonchev–Trinajstić information content (AvgIpc) is 2.52. The molecular formula is C11H19N. The maximum Gasteiger partial charge on any atom is 0.0433 e. The molecule has 0 fully saturated rings. The molecule has 1 heterocycles. The van der Waals surface area contributed by atoms with E-state index < -0.39 is 0 Å². The Hall–Kier alpha value is -0.590. The molecular weight excluding hydrogens is 146 g/mol. The summed E-state index contributed by atoms with van der Waals surface area (Å²) < 4.78 is 0. The molecule has 0 aromatic carbocycles. The minimum absolute atomic E-state index is 0.658. The summed E-state index contributed by atoms with van der Waals surface area (Å²) in [5.41, 5.74) is 2.88. The highest BCUT2D eigenvalue weighted by atomic mass is 14.8. The van der Waals surface area contributed by atoms with Crippen LogP contribution in [0.2, 0.25) is 0 Å². The molecule has 1 unspecified atom stereocenters. The standard InChI is InChI=1S/C11H19N/c1-4-6-10-7-8-12-11(10)9(3)5-2/h6,9H,4-5,7-8H2,1-3H3/b10-6-. The third-order valence-corrected chi connectivity index (χ3v) is 2.52. The van der Waals surface area contributed by atoms with Crippen LogP contribution in [0.5, 0.6) is 0 Å². The van der Waals surface area contributed by atoms with E-state index in [2.05, 4.69) is 31.8 Å². The lowest BCUT2D eigenvalue weighted by Crippen LogP contribution is -2.09. The second kappa shape index (κ2) is 4.44. The van der Waals surface area contributed by atoms with Gasteiger partial charge in [-0.15, -0.1) is 0 Å². The van der Waals surface area contributed by atoms with E-state index in [9.17, 15) is 0 Å². The molecule has 0 radical (unpaired) electrons. The van der Waals surface area contributed by atoms with Gasteiger partial charge in [0, 0.05) is 12.3 Å². The Morgan fingerprint density at radius 3 is 2.83 bits per heavy atom. The van der Waals surface area contributed by atoms with Gasteiger partial charge in [-0.3, -0.25) is 4.99 Å². The van der Waals surface area contributed by atoms with E-state index in [1.54, 1.807) is 0 Å². The molecule has 0 saturated carbocycles. The van der Waals surface area contributed by atoms with Crippen molar-refractivity contribution in [1.82, 2.24) is 0 Å². The zero-order chi connectivity index (χ0) is 8.97. The molecule has 1 aliphatic rings. The van der Waals surface area contributed by atoms with Crippen LogP contribution in [0.25, 0.3) is 0 Å². The molecule has 1 atom stereocenters. The number of rotatable bonds is 3. The lowest BCUT2D eigenvalue weighted by Gasteiger charge is -2.09. The van der Waals surface area contributed by atoms with Crippen LogP contribution in [0.3, 0.4) is 0 Å². The minimum atomic E-state index is 0.658. The maximum absolute atomic E-state index is 4.55. The molecule has 0 aromatic heterocycles. The summed E-state index contributed by atoms with van der Waals surface area (Å²) in [6.45, 7) is 7.72. The highest BCUT2D eigenvalue weighted by Crippen LogP contribution is 2.21. The van der Waals surface area contributed by atoms with Gasteiger partial charge in [-0.05, 0) is 30.8 Å². The maximum atomic E-state index is 4.55. The Morgan fingerprint density at radius 1 is 1.50 bits per heavy atom. The van der Waals surface area contributed by atoms with Crippen molar-refractivity contribution >= 4 is 5.71 Å². The molecule has 0 N–H and O–H groups in total. The zero-order valence-corrected chi connectivity index (χ0v) is 8.43. The first-order valence-electron chi connectivity index (χ1n) is 5.03. The summed E-state index contributed by atoms with van der Waals surface area (Å²) in [5, 5.41) is 0. The van der Waals surface area contributed by atoms with Gasteiger partial charge in [0.1, 0.15) is 0 Å². The average molecular weight is 165 g/mol. The van der Waals surface area contributed by atoms with Crippen molar-refractivity contribution in [3.63, 3.8) is 0 Å². The van der Waals surface area contributed by atoms with Gasteiger partial charge in [0.25, 0.3) is 0 Å². The van der Waals surface area contributed by atoms with Gasteiger partial charge in [0.2, 0.25) is 0 Å². The van der Waals surface area contributed by atoms with Crippen LogP contribution in [0.1, 0.15) is 40.0 Å². The molecule has 1 rings (SSSR count). The van der Waals surface area contributed by atoms with Gasteiger partial charge < -0.3 is 0 Å². The molecule has 68 valence electrons. The van der Waals surface area contributed by atoms with Crippen molar-refractivity contribution in [2.24, 2.45) is 10.9 Å². The first-order chi connectivity index (χ1) is 5.79. The lowest BCUT2D eigenvalue weighted by atomic mass is 9.95. The van der Waals surface area contributed by atoms with Crippen LogP contribution >= 0.6 is 0 Å². The van der Waals surface area contributed by atoms with Crippen LogP contribution in [-0.2, 0) is 0 Å². The van der Waals surface area contributed by atoms with Crippen LogP contribution < -0.4 is 0 Å². The van der Waals surface area contributed by atoms with Gasteiger partial charge in [0.05, 0.1) is 0 Å². The van der Waals surface area contributed by atoms with Crippen LogP contribution in [0, 0.1) is 5.92 Å². The Morgan fingerprint density at radius 2 is 2.25 bits per heavy atom. The van der Waals surface area contributed by atoms with E-state index >= 15 is 0 Å². The summed E-state index contributed by atoms with van der Waals surface area (Å²) in [5.74, 6) is 0.658. The molecule has 0 spiro atoms. The second-order valence-corrected chi connectivity index (χ2v) is 3.46. The predicted octanol–water partition coefficient (Wildman–Crippen LogP) is 3.21. The van der Waals surface area contributed by atoms with E-state index in [0.717, 1.165) is 13.0 Å². The third kappa shape index (κ3) is 1.96. The molecule has 0 aliphatic carbocycles. The Labute approximate surface area is 75.6 Å². The van der Waals surface area contributed by atoms with Gasteiger partial charge in [0.15, 0.2) is 0 Å². The summed E-state index contributed by atoms with van der Waals surface area (Å²) in [7, 11) is 0. The molecule has 12 heavy (non-hydrogen) atoms. The van der Waals surface area contributed by atoms with Crippen molar-refractivity contribution in [1.29, 1.82) is 0 Å². The fourth-order valence-electron chi connectivity index (χ4n) is 1.65. The summed E-state index contributed by atoms with van der Waals surface area (Å²) in [6, 6.07) is 0. The number of hydrogen-bond donors (Lipinski definition) is 0. The lowest BCUT2D eigenvalue weighted by molar-refractivity contribution is 0.740. The van der Waals surface area contributed by atoms with E-state index in [1.165, 1.54) is 24.1 Å². The first-order valence-corrected chi connectivity index (χ1v) is 5.03. The topological polar surface area (TPSA) is 12.4 Å². The highest BCUT2D eigenvalue weighted by molar-refractivity contribution is 6.03. The van der Waals surface area contributed by atoms with Gasteiger partial charge in [-0.1, -0.05) is 26.8 Å². The van der Waals surface area contributed by atoms with Gasteiger partial charge in [-0.2, -0.15) is 0 Å². The minimum Gasteiger partial charge on any atom is -0.289 e. The van der Waals surface area contributed by atoms with Crippen LogP contribution in [0.4, 0.5) is 0 Å². The van der Waals surface area contributed by atoms with Crippen molar-refractivity contribution in [2.75, 3.05) is 6.54 Å². The van der Waals surface area contributed by atoms with E-state index in [4.69, 9.17) is 0 Å². The van der Waals surface area contributed by atoms with Gasteiger partial charge >= 0.3 is 0 Å². The normalized spacial score (nSPS) is 22.9. The smallest absolute Gasteiger partial charge is 0.0433 e. The second-order valence-electron chi connectivity index (χ2n) is 3.46. The van der Waals surface area contributed by atoms with Crippen molar-refractivity contribution in [3.8, 4) is 0 Å². The highest BCUT2D eigenvalue weighted by Gasteiger charge is 2.17. The Kier molecular flexibility index (Phi) is 3.51. The zero-order valence-electron chi connectivity index (χ0n) is 8.43. The van der Waals surface area contributed by atoms with Crippen molar-refractivity contribution < 1.29 is 0 Å². The van der Waals surface area contributed by atoms with Crippen molar-refractivity contribution in [2.45, 2.75) is 40.0 Å². The fourth-order valence-corrected chi connectivity index (χ4v) is 1.65. The van der Waals surface area contributed by atoms with E-state index in [-0.39, 0.29) is 0 Å². The Balaban J connectivity index is 2.69. The number of allylic oxidation sites excluding steroid dienone is 1. The quantitative estimate of drug-likeness (QED) is 0.609. The predicted molar refractivity (Wildman–Crippen MR) is 54.7 cm³/mol. The molecule has 0 amide bonds. The SMILES string of the molecule is CC/C=C1/CCN=C1C(C)CC. The van der Waals surface area contributed by atoms with Crippen LogP contribution in [-0.4, -0.2) is 12.3 Å². The summed E-state index contributed by atoms with van der Waals surface area (Å²) in [6.07, 6.45) is 5.86. The third-order valence-electron chi connectivity index (χ3n) is 2.52. The number of aliphatic imine (C=N–C) groups is 1. The molecule has 1 heteroatoms. The molecule has 1 aliphatic heterocycles. The van der Waals surface area contributed by atoms with Crippen molar-refractivity contribution in [3.05, 3.63) is 11.6 Å². The molecule has 0 aromatic rings. The monoisotopic (exact) mass is 165 g/mol. The summed E-state index contributed by atoms with van der Waals surface area (Å²) >= 11 is 0. The van der Waals surface area contributed by atoms with E-state index in [0.29, 0.717) is 5.92 Å². The number of nitrogens with zero attached hydrogens (tertiary/aromatic N) is 1. The fraction of sp³-hybridized carbons (Fsp3) is 0.727. The molecule has 1 nitrogen and oxygen atoms in total. The first kappa shape index (κ1) is 9.50. The largest absolute Gasteiger partial charge is 0.289 e. The van der Waals surface area contributed by atoms with E-state index in [1.807, 2.05) is 0 Å². The van der Waals surface area contributed by atoms with Gasteiger partial charge in [-0.25, -0.2) is 0 Å². The van der Waals surface area contributed by atoms with Crippen LogP contribution in [0.15, 0.2) is 16.6 Å². The summed E-state index contributed by atoms with van der Waals surface area (Å²) in [4.78, 5) is 4.55. The Bertz CT molecular complexity index is 201. The molecule has 0 saturated heterocycles. The number of hydrogen-bond acceptors (Lipinski definition) is 1. The molecule has 0 bridgehead atoms.